The van der Waals surface area contributed by atoms with Crippen LogP contribution in [-0.4, -0.2) is 63.8 Å². The van der Waals surface area contributed by atoms with Gasteiger partial charge in [-0.1, -0.05) is 32.9 Å². The fourth-order valence-electron chi connectivity index (χ4n) is 3.63. The number of nitrogens with one attached hydrogen (secondary N) is 2. The van der Waals surface area contributed by atoms with Crippen molar-refractivity contribution in [3.05, 3.63) is 29.8 Å². The first-order valence-corrected chi connectivity index (χ1v) is 10.7. The van der Waals surface area contributed by atoms with Gasteiger partial charge in [0.05, 0.1) is 26.3 Å². The van der Waals surface area contributed by atoms with Gasteiger partial charge in [-0.25, -0.2) is 4.99 Å². The molecule has 1 saturated heterocycles. The number of hydrogen-bond donors (Lipinski definition) is 2. The zero-order valence-corrected chi connectivity index (χ0v) is 22.1. The minimum Gasteiger partial charge on any atom is -0.497 e. The van der Waals surface area contributed by atoms with Gasteiger partial charge in [-0.15, -0.1) is 24.0 Å². The van der Waals surface area contributed by atoms with Crippen LogP contribution in [0.5, 0.6) is 5.75 Å². The Morgan fingerprint density at radius 2 is 1.90 bits per heavy atom. The first kappa shape index (κ1) is 27.5. The number of aliphatic imine (C=N–C) groups is 1. The highest BCUT2D eigenvalue weighted by Gasteiger charge is 2.35. The second-order valence-electron chi connectivity index (χ2n) is 9.10. The molecule has 1 fully saturated rings. The maximum absolute atomic E-state index is 12.0. The largest absolute Gasteiger partial charge is 0.497 e. The Morgan fingerprint density at radius 1 is 1.23 bits per heavy atom. The third-order valence-corrected chi connectivity index (χ3v) is 5.31. The lowest BCUT2D eigenvalue weighted by Gasteiger charge is -2.40. The van der Waals surface area contributed by atoms with Crippen LogP contribution in [0, 0.1) is 11.3 Å². The van der Waals surface area contributed by atoms with Crippen molar-refractivity contribution in [3.63, 3.8) is 0 Å². The van der Waals surface area contributed by atoms with Gasteiger partial charge in [0.1, 0.15) is 5.75 Å². The molecule has 1 aromatic rings. The molecule has 0 saturated carbocycles. The molecule has 0 bridgehead atoms. The molecule has 0 aromatic heterocycles. The second-order valence-corrected chi connectivity index (χ2v) is 9.10. The number of methoxy groups -OCH3 is 1. The fraction of sp³-hybridized carbons (Fsp3) is 0.652. The summed E-state index contributed by atoms with van der Waals surface area (Å²) in [6, 6.07) is 7.84. The van der Waals surface area contributed by atoms with Gasteiger partial charge < -0.3 is 25.0 Å². The van der Waals surface area contributed by atoms with Crippen molar-refractivity contribution < 1.29 is 14.3 Å². The molecule has 1 aromatic carbocycles. The van der Waals surface area contributed by atoms with Crippen molar-refractivity contribution in [2.45, 2.75) is 46.3 Å². The van der Waals surface area contributed by atoms with Crippen molar-refractivity contribution in [3.8, 4) is 5.75 Å². The van der Waals surface area contributed by atoms with Gasteiger partial charge in [-0.2, -0.15) is 0 Å². The number of halogens is 1. The van der Waals surface area contributed by atoms with Gasteiger partial charge in [-0.05, 0) is 36.0 Å². The first-order chi connectivity index (χ1) is 14.2. The summed E-state index contributed by atoms with van der Waals surface area (Å²) in [6.45, 7) is 8.97. The number of amides is 1. The molecule has 0 radical (unpaired) electrons. The molecule has 2 unspecified atom stereocenters. The van der Waals surface area contributed by atoms with Gasteiger partial charge in [0.25, 0.3) is 0 Å². The van der Waals surface area contributed by atoms with Crippen LogP contribution in [0.1, 0.15) is 39.2 Å². The summed E-state index contributed by atoms with van der Waals surface area (Å²) in [5.74, 6) is 1.86. The van der Waals surface area contributed by atoms with Crippen molar-refractivity contribution in [2.75, 3.05) is 40.9 Å². The summed E-state index contributed by atoms with van der Waals surface area (Å²) in [5, 5.41) is 6.61. The molecule has 2 rings (SSSR count). The van der Waals surface area contributed by atoms with Crippen molar-refractivity contribution in [1.29, 1.82) is 0 Å². The molecule has 1 aliphatic rings. The van der Waals surface area contributed by atoms with E-state index in [0.29, 0.717) is 18.4 Å². The summed E-state index contributed by atoms with van der Waals surface area (Å²) in [6.07, 6.45) is 2.39. The Bertz CT molecular complexity index is 702. The Labute approximate surface area is 204 Å². The Morgan fingerprint density at radius 3 is 2.48 bits per heavy atom. The topological polar surface area (TPSA) is 75.2 Å². The summed E-state index contributed by atoms with van der Waals surface area (Å²) < 4.78 is 11.3. The van der Waals surface area contributed by atoms with Crippen LogP contribution < -0.4 is 15.4 Å². The summed E-state index contributed by atoms with van der Waals surface area (Å²) in [5.41, 5.74) is 1.16. The SMILES string of the molecule is COc1ccc(CN=C(NCC(=O)N(C)C)NCC2CCCOC2C(C)(C)C)cc1.I. The van der Waals surface area contributed by atoms with Crippen LogP contribution in [-0.2, 0) is 16.1 Å². The predicted octanol–water partition coefficient (Wildman–Crippen LogP) is 3.28. The number of rotatable bonds is 7. The number of nitrogens with zero attached hydrogens (tertiary/aromatic N) is 2. The molecule has 2 N–H and O–H groups in total. The maximum Gasteiger partial charge on any atom is 0.241 e. The van der Waals surface area contributed by atoms with Crippen molar-refractivity contribution in [2.24, 2.45) is 16.3 Å². The maximum atomic E-state index is 12.0. The van der Waals surface area contributed by atoms with Crippen LogP contribution in [0.15, 0.2) is 29.3 Å². The molecular weight excluding hydrogens is 507 g/mol. The fourth-order valence-corrected chi connectivity index (χ4v) is 3.63. The van der Waals surface area contributed by atoms with E-state index in [2.05, 4.69) is 31.4 Å². The van der Waals surface area contributed by atoms with Crippen LogP contribution in [0.4, 0.5) is 0 Å². The molecule has 7 nitrogen and oxygen atoms in total. The molecule has 176 valence electrons. The van der Waals surface area contributed by atoms with Crippen LogP contribution in [0.3, 0.4) is 0 Å². The van der Waals surface area contributed by atoms with E-state index in [1.54, 1.807) is 26.1 Å². The number of benzene rings is 1. The quantitative estimate of drug-likeness (QED) is 0.312. The zero-order chi connectivity index (χ0) is 22.1. The lowest BCUT2D eigenvalue weighted by Crippen LogP contribution is -2.48. The van der Waals surface area contributed by atoms with Crippen LogP contribution in [0.2, 0.25) is 0 Å². The molecule has 0 spiro atoms. The van der Waals surface area contributed by atoms with Gasteiger partial charge in [0.15, 0.2) is 5.96 Å². The van der Waals surface area contributed by atoms with Crippen LogP contribution >= 0.6 is 24.0 Å². The van der Waals surface area contributed by atoms with E-state index < -0.39 is 0 Å². The van der Waals surface area contributed by atoms with E-state index >= 15 is 0 Å². The molecule has 31 heavy (non-hydrogen) atoms. The summed E-state index contributed by atoms with van der Waals surface area (Å²) in [7, 11) is 5.15. The number of carbonyl (C=O) groups excluding carboxylic acids is 1. The molecule has 1 amide bonds. The van der Waals surface area contributed by atoms with Crippen LogP contribution in [0.25, 0.3) is 0 Å². The third-order valence-electron chi connectivity index (χ3n) is 5.31. The van der Waals surface area contributed by atoms with E-state index in [1.807, 2.05) is 24.3 Å². The smallest absolute Gasteiger partial charge is 0.241 e. The van der Waals surface area contributed by atoms with E-state index in [4.69, 9.17) is 14.5 Å². The van der Waals surface area contributed by atoms with Gasteiger partial charge in [-0.3, -0.25) is 4.79 Å². The monoisotopic (exact) mass is 546 g/mol. The van der Waals surface area contributed by atoms with E-state index in [-0.39, 0.29) is 47.9 Å². The minimum atomic E-state index is 0. The van der Waals surface area contributed by atoms with Gasteiger partial charge in [0.2, 0.25) is 5.91 Å². The normalized spacial score (nSPS) is 19.2. The first-order valence-electron chi connectivity index (χ1n) is 10.7. The summed E-state index contributed by atoms with van der Waals surface area (Å²) >= 11 is 0. The lowest BCUT2D eigenvalue weighted by atomic mass is 9.78. The van der Waals surface area contributed by atoms with E-state index in [9.17, 15) is 4.79 Å². The zero-order valence-electron chi connectivity index (χ0n) is 19.7. The Hall–Kier alpha value is -1.55. The molecule has 0 aliphatic carbocycles. The van der Waals surface area contributed by atoms with Gasteiger partial charge in [0, 0.05) is 33.2 Å². The van der Waals surface area contributed by atoms with Crippen molar-refractivity contribution in [1.82, 2.24) is 15.5 Å². The minimum absolute atomic E-state index is 0. The highest BCUT2D eigenvalue weighted by Crippen LogP contribution is 2.33. The van der Waals surface area contributed by atoms with E-state index in [0.717, 1.165) is 37.3 Å². The molecule has 1 aliphatic heterocycles. The molecular formula is C23H39IN4O3. The highest BCUT2D eigenvalue weighted by atomic mass is 127. The van der Waals surface area contributed by atoms with Gasteiger partial charge >= 0.3 is 0 Å². The Kier molecular flexibility index (Phi) is 11.6. The number of guanidine groups is 1. The number of ether oxygens (including phenoxy) is 2. The summed E-state index contributed by atoms with van der Waals surface area (Å²) in [4.78, 5) is 18.3. The number of hydrogen-bond acceptors (Lipinski definition) is 4. The standard InChI is InChI=1S/C23H38N4O3.HI/c1-23(2,3)21-18(8-7-13-30-21)15-25-22(26-16-20(28)27(4)5)24-14-17-9-11-19(29-6)12-10-17;/h9-12,18,21H,7-8,13-16H2,1-6H3,(H2,24,25,26);1H. The molecule has 8 heteroatoms. The average Bonchev–Trinajstić information content (AvgIpc) is 2.72. The lowest BCUT2D eigenvalue weighted by molar-refractivity contribution is -0.127. The van der Waals surface area contributed by atoms with E-state index in [1.165, 1.54) is 0 Å². The highest BCUT2D eigenvalue weighted by molar-refractivity contribution is 14.0. The predicted molar refractivity (Wildman–Crippen MR) is 136 cm³/mol. The number of carbonyl (C=O) groups is 1. The third kappa shape index (κ3) is 9.22. The molecule has 1 heterocycles. The second kappa shape index (κ2) is 13.1. The number of likely N-dealkylation sites (N-methyl/N-ethyl adjacent to an activating group) is 1. The van der Waals surface area contributed by atoms with Crippen molar-refractivity contribution >= 4 is 35.8 Å². The average molecular weight is 546 g/mol. The Balaban J connectivity index is 0.00000480. The molecule has 2 atom stereocenters.